The molecule has 0 atom stereocenters. The van der Waals surface area contributed by atoms with E-state index in [0.29, 0.717) is 52.4 Å². The minimum absolute atomic E-state index is 0.141. The molecule has 0 aliphatic heterocycles. The molecule has 0 aliphatic rings. The van der Waals surface area contributed by atoms with Crippen molar-refractivity contribution in [3.8, 4) is 23.0 Å². The first-order valence-electron chi connectivity index (χ1n) is 12.4. The van der Waals surface area contributed by atoms with Crippen LogP contribution in [0.3, 0.4) is 0 Å². The smallest absolute Gasteiger partial charge is 0.319 e. The van der Waals surface area contributed by atoms with E-state index in [0.717, 1.165) is 17.4 Å². The van der Waals surface area contributed by atoms with Crippen LogP contribution in [0.2, 0.25) is 5.02 Å². The fraction of sp³-hybridized carbons (Fsp3) is 0.267. The zero-order valence-electron chi connectivity index (χ0n) is 22.0. The Labute approximate surface area is 228 Å². The van der Waals surface area contributed by atoms with E-state index >= 15 is 0 Å². The SMILES string of the molecule is COc1cc2c(Oc3ccc(NC(=O)NCCC(C)(C)C)c(Cl)c3)ccnc2cc1OCc1ccccc1. The summed E-state index contributed by atoms with van der Waals surface area (Å²) in [5, 5.41) is 6.76. The number of carbonyl (C=O) groups excluding carboxylic acids is 1. The molecule has 0 unspecified atom stereocenters. The third-order valence-electron chi connectivity index (χ3n) is 5.80. The van der Waals surface area contributed by atoms with Crippen molar-refractivity contribution in [2.24, 2.45) is 5.41 Å². The number of amides is 2. The lowest BCUT2D eigenvalue weighted by molar-refractivity contribution is 0.250. The second-order valence-electron chi connectivity index (χ2n) is 10.0. The molecule has 0 saturated carbocycles. The van der Waals surface area contributed by atoms with Crippen molar-refractivity contribution in [1.29, 1.82) is 0 Å². The monoisotopic (exact) mass is 533 g/mol. The number of urea groups is 1. The van der Waals surface area contributed by atoms with Crippen LogP contribution in [-0.4, -0.2) is 24.7 Å². The van der Waals surface area contributed by atoms with Gasteiger partial charge in [0.25, 0.3) is 0 Å². The zero-order chi connectivity index (χ0) is 27.1. The minimum atomic E-state index is -0.303. The van der Waals surface area contributed by atoms with Gasteiger partial charge in [-0.2, -0.15) is 0 Å². The lowest BCUT2D eigenvalue weighted by Gasteiger charge is -2.18. The number of anilines is 1. The quantitative estimate of drug-likeness (QED) is 0.229. The number of nitrogens with one attached hydrogen (secondary N) is 2. The molecule has 38 heavy (non-hydrogen) atoms. The molecule has 4 rings (SSSR count). The molecule has 0 bridgehead atoms. The van der Waals surface area contributed by atoms with Gasteiger partial charge in [0.1, 0.15) is 18.1 Å². The van der Waals surface area contributed by atoms with E-state index in [1.165, 1.54) is 0 Å². The van der Waals surface area contributed by atoms with E-state index in [4.69, 9.17) is 25.8 Å². The molecule has 3 aromatic carbocycles. The third kappa shape index (κ3) is 7.29. The van der Waals surface area contributed by atoms with Crippen LogP contribution in [0.15, 0.2) is 72.9 Å². The van der Waals surface area contributed by atoms with Crippen LogP contribution in [0.4, 0.5) is 10.5 Å². The Morgan fingerprint density at radius 2 is 1.76 bits per heavy atom. The molecule has 7 nitrogen and oxygen atoms in total. The Kier molecular flexibility index (Phi) is 8.59. The number of halogens is 1. The van der Waals surface area contributed by atoms with Crippen molar-refractivity contribution >= 4 is 34.2 Å². The van der Waals surface area contributed by atoms with Crippen LogP contribution in [0.5, 0.6) is 23.0 Å². The Hall–Kier alpha value is -3.97. The van der Waals surface area contributed by atoms with Gasteiger partial charge in [0.05, 0.1) is 23.3 Å². The van der Waals surface area contributed by atoms with Crippen molar-refractivity contribution in [3.63, 3.8) is 0 Å². The van der Waals surface area contributed by atoms with Crippen molar-refractivity contribution in [1.82, 2.24) is 10.3 Å². The highest BCUT2D eigenvalue weighted by molar-refractivity contribution is 6.33. The van der Waals surface area contributed by atoms with Crippen LogP contribution >= 0.6 is 11.6 Å². The summed E-state index contributed by atoms with van der Waals surface area (Å²) in [4.78, 5) is 16.7. The van der Waals surface area contributed by atoms with Gasteiger partial charge >= 0.3 is 6.03 Å². The van der Waals surface area contributed by atoms with E-state index in [1.54, 1.807) is 37.6 Å². The van der Waals surface area contributed by atoms with Crippen molar-refractivity contribution < 1.29 is 19.0 Å². The van der Waals surface area contributed by atoms with Gasteiger partial charge in [-0.05, 0) is 41.7 Å². The number of ether oxygens (including phenoxy) is 3. The molecule has 2 N–H and O–H groups in total. The van der Waals surface area contributed by atoms with E-state index in [2.05, 4.69) is 36.4 Å². The average Bonchev–Trinajstić information content (AvgIpc) is 2.88. The molecule has 0 saturated heterocycles. The molecule has 8 heteroatoms. The van der Waals surface area contributed by atoms with Crippen molar-refractivity contribution in [2.75, 3.05) is 19.0 Å². The van der Waals surface area contributed by atoms with Crippen molar-refractivity contribution in [3.05, 3.63) is 83.5 Å². The number of hydrogen-bond acceptors (Lipinski definition) is 5. The lowest BCUT2D eigenvalue weighted by Crippen LogP contribution is -2.31. The molecule has 0 fully saturated rings. The largest absolute Gasteiger partial charge is 0.493 e. The Bertz CT molecular complexity index is 1400. The maximum absolute atomic E-state index is 12.2. The predicted octanol–water partition coefficient (Wildman–Crippen LogP) is 7.83. The summed E-state index contributed by atoms with van der Waals surface area (Å²) < 4.78 is 17.8. The highest BCUT2D eigenvalue weighted by Gasteiger charge is 2.14. The Morgan fingerprint density at radius 3 is 2.47 bits per heavy atom. The first-order valence-corrected chi connectivity index (χ1v) is 12.8. The summed E-state index contributed by atoms with van der Waals surface area (Å²) in [5.41, 5.74) is 2.38. The highest BCUT2D eigenvalue weighted by Crippen LogP contribution is 2.38. The molecule has 0 aliphatic carbocycles. The Morgan fingerprint density at radius 1 is 0.974 bits per heavy atom. The summed E-state index contributed by atoms with van der Waals surface area (Å²) in [7, 11) is 1.60. The number of methoxy groups -OCH3 is 1. The molecular weight excluding hydrogens is 502 g/mol. The number of rotatable bonds is 9. The van der Waals surface area contributed by atoms with Crippen molar-refractivity contribution in [2.45, 2.75) is 33.8 Å². The zero-order valence-corrected chi connectivity index (χ0v) is 22.8. The highest BCUT2D eigenvalue weighted by atomic mass is 35.5. The number of fused-ring (bicyclic) bond motifs is 1. The van der Waals surface area contributed by atoms with Crippen LogP contribution in [0, 0.1) is 5.41 Å². The maximum Gasteiger partial charge on any atom is 0.319 e. The lowest BCUT2D eigenvalue weighted by atomic mass is 9.92. The van der Waals surface area contributed by atoms with E-state index in [9.17, 15) is 4.79 Å². The topological polar surface area (TPSA) is 81.7 Å². The molecular formula is C30H32ClN3O4. The number of pyridine rings is 1. The van der Waals surface area contributed by atoms with E-state index < -0.39 is 0 Å². The number of carbonyl (C=O) groups is 1. The standard InChI is InChI=1S/C30H32ClN3O4/c1-30(2,3)13-15-33-29(35)34-24-11-10-21(16-23(24)31)38-26-12-14-32-25-18-28(27(36-4)17-22(25)26)37-19-20-8-6-5-7-9-20/h5-12,14,16-18H,13,15,19H2,1-4H3,(H2,33,34,35). The van der Waals surface area contributed by atoms with E-state index in [1.807, 2.05) is 42.5 Å². The molecule has 0 radical (unpaired) electrons. The van der Waals surface area contributed by atoms with Gasteiger partial charge in [-0.3, -0.25) is 4.98 Å². The first kappa shape index (κ1) is 27.1. The van der Waals surface area contributed by atoms with Gasteiger partial charge in [-0.25, -0.2) is 4.79 Å². The molecule has 2 amide bonds. The fourth-order valence-electron chi connectivity index (χ4n) is 3.73. The second kappa shape index (κ2) is 12.0. The molecule has 198 valence electrons. The predicted molar refractivity (Wildman–Crippen MR) is 152 cm³/mol. The average molecular weight is 534 g/mol. The van der Waals surface area contributed by atoms with Crippen LogP contribution < -0.4 is 24.8 Å². The molecule has 0 spiro atoms. The molecule has 1 aromatic heterocycles. The van der Waals surface area contributed by atoms with Gasteiger partial charge < -0.3 is 24.8 Å². The summed E-state index contributed by atoms with van der Waals surface area (Å²) in [6.07, 6.45) is 2.54. The molecule has 1 heterocycles. The number of hydrogen-bond donors (Lipinski definition) is 2. The number of benzene rings is 3. The number of aromatic nitrogens is 1. The maximum atomic E-state index is 12.2. The second-order valence-corrected chi connectivity index (χ2v) is 10.4. The Balaban J connectivity index is 1.47. The van der Waals surface area contributed by atoms with Crippen LogP contribution in [-0.2, 0) is 6.61 Å². The van der Waals surface area contributed by atoms with Gasteiger partial charge in [-0.15, -0.1) is 0 Å². The first-order chi connectivity index (χ1) is 18.2. The molecule has 4 aromatic rings. The number of nitrogens with zero attached hydrogens (tertiary/aromatic N) is 1. The summed E-state index contributed by atoms with van der Waals surface area (Å²) in [5.74, 6) is 2.26. The van der Waals surface area contributed by atoms with Crippen LogP contribution in [0.1, 0.15) is 32.8 Å². The van der Waals surface area contributed by atoms with Gasteiger partial charge in [0, 0.05) is 30.3 Å². The van der Waals surface area contributed by atoms with E-state index in [-0.39, 0.29) is 11.4 Å². The summed E-state index contributed by atoms with van der Waals surface area (Å²) in [6, 6.07) is 20.2. The van der Waals surface area contributed by atoms with Gasteiger partial charge in [0.15, 0.2) is 11.5 Å². The van der Waals surface area contributed by atoms with Gasteiger partial charge in [0.2, 0.25) is 0 Å². The minimum Gasteiger partial charge on any atom is -0.493 e. The van der Waals surface area contributed by atoms with Gasteiger partial charge in [-0.1, -0.05) is 62.7 Å². The van der Waals surface area contributed by atoms with Crippen LogP contribution in [0.25, 0.3) is 10.9 Å². The summed E-state index contributed by atoms with van der Waals surface area (Å²) >= 11 is 6.45. The summed E-state index contributed by atoms with van der Waals surface area (Å²) in [6.45, 7) is 7.37. The fourth-order valence-corrected chi connectivity index (χ4v) is 3.95. The normalized spacial score (nSPS) is 11.2. The third-order valence-corrected chi connectivity index (χ3v) is 6.11.